The molecule has 3 nitrogen and oxygen atoms in total. The molecule has 0 saturated carbocycles. The number of piperidine rings is 1. The molecule has 2 atom stereocenters. The quantitative estimate of drug-likeness (QED) is 0.830. The molecule has 1 aliphatic heterocycles. The highest BCUT2D eigenvalue weighted by Gasteiger charge is 2.25. The normalized spacial score (nSPS) is 26.9. The third-order valence-electron chi connectivity index (χ3n) is 3.63. The van der Waals surface area contributed by atoms with E-state index in [1.165, 1.54) is 19.3 Å². The monoisotopic (exact) mass is 219 g/mol. The van der Waals surface area contributed by atoms with Crippen LogP contribution >= 0.6 is 0 Å². The molecule has 0 aromatic carbocycles. The number of pyridine rings is 1. The summed E-state index contributed by atoms with van der Waals surface area (Å²) in [6.07, 6.45) is 5.75. The van der Waals surface area contributed by atoms with Gasteiger partial charge in [0.2, 0.25) is 0 Å². The van der Waals surface area contributed by atoms with Gasteiger partial charge in [0.15, 0.2) is 0 Å². The van der Waals surface area contributed by atoms with Crippen LogP contribution in [0.4, 0.5) is 5.69 Å². The second kappa shape index (κ2) is 4.83. The van der Waals surface area contributed by atoms with E-state index in [4.69, 9.17) is 5.73 Å². The number of nitrogen functional groups attached to an aromatic ring is 1. The fourth-order valence-corrected chi connectivity index (χ4v) is 2.54. The van der Waals surface area contributed by atoms with E-state index < -0.39 is 0 Å². The zero-order valence-electron chi connectivity index (χ0n) is 10.2. The number of rotatable bonds is 2. The lowest BCUT2D eigenvalue weighted by molar-refractivity contribution is 0.0941. The Morgan fingerprint density at radius 1 is 1.38 bits per heavy atom. The predicted molar refractivity (Wildman–Crippen MR) is 67.0 cm³/mol. The summed E-state index contributed by atoms with van der Waals surface area (Å²) in [4.78, 5) is 6.89. The van der Waals surface area contributed by atoms with Gasteiger partial charge in [-0.15, -0.1) is 0 Å². The SMILES string of the molecule is CC1CCCC(C)N1Cc1ncccc1N. The van der Waals surface area contributed by atoms with Crippen molar-refractivity contribution in [1.29, 1.82) is 0 Å². The van der Waals surface area contributed by atoms with Crippen molar-refractivity contribution < 1.29 is 0 Å². The van der Waals surface area contributed by atoms with Gasteiger partial charge in [-0.05, 0) is 38.8 Å². The van der Waals surface area contributed by atoms with Crippen LogP contribution in [0.3, 0.4) is 0 Å². The summed E-state index contributed by atoms with van der Waals surface area (Å²) in [6.45, 7) is 5.48. The third kappa shape index (κ3) is 2.35. The zero-order valence-corrected chi connectivity index (χ0v) is 10.2. The fourth-order valence-electron chi connectivity index (χ4n) is 2.54. The van der Waals surface area contributed by atoms with Gasteiger partial charge in [-0.25, -0.2) is 0 Å². The van der Waals surface area contributed by atoms with Gasteiger partial charge in [0.25, 0.3) is 0 Å². The summed E-state index contributed by atoms with van der Waals surface area (Å²) in [5.74, 6) is 0. The van der Waals surface area contributed by atoms with Gasteiger partial charge >= 0.3 is 0 Å². The van der Waals surface area contributed by atoms with Crippen molar-refractivity contribution in [3.63, 3.8) is 0 Å². The number of nitrogens with two attached hydrogens (primary N) is 1. The summed E-state index contributed by atoms with van der Waals surface area (Å²) in [5.41, 5.74) is 7.77. The Labute approximate surface area is 97.7 Å². The average molecular weight is 219 g/mol. The van der Waals surface area contributed by atoms with Gasteiger partial charge in [-0.1, -0.05) is 6.42 Å². The van der Waals surface area contributed by atoms with E-state index in [1.54, 1.807) is 0 Å². The van der Waals surface area contributed by atoms with Crippen LogP contribution in [0.5, 0.6) is 0 Å². The smallest absolute Gasteiger partial charge is 0.0772 e. The summed E-state index contributed by atoms with van der Waals surface area (Å²) < 4.78 is 0. The molecule has 0 amide bonds. The number of nitrogens with zero attached hydrogens (tertiary/aromatic N) is 2. The molecule has 0 aliphatic carbocycles. The highest BCUT2D eigenvalue weighted by Crippen LogP contribution is 2.25. The van der Waals surface area contributed by atoms with E-state index in [9.17, 15) is 0 Å². The van der Waals surface area contributed by atoms with Crippen molar-refractivity contribution in [1.82, 2.24) is 9.88 Å². The van der Waals surface area contributed by atoms with Crippen LogP contribution in [0.25, 0.3) is 0 Å². The van der Waals surface area contributed by atoms with Gasteiger partial charge < -0.3 is 5.73 Å². The molecule has 2 rings (SSSR count). The van der Waals surface area contributed by atoms with Crippen LogP contribution < -0.4 is 5.73 Å². The lowest BCUT2D eigenvalue weighted by Crippen LogP contribution is -2.43. The van der Waals surface area contributed by atoms with Crippen molar-refractivity contribution in [3.8, 4) is 0 Å². The van der Waals surface area contributed by atoms with Crippen molar-refractivity contribution in [3.05, 3.63) is 24.0 Å². The van der Waals surface area contributed by atoms with Crippen molar-refractivity contribution in [2.75, 3.05) is 5.73 Å². The van der Waals surface area contributed by atoms with Crippen LogP contribution in [0.2, 0.25) is 0 Å². The highest BCUT2D eigenvalue weighted by atomic mass is 15.2. The predicted octanol–water partition coefficient (Wildman–Crippen LogP) is 2.43. The molecule has 1 fully saturated rings. The summed E-state index contributed by atoms with van der Waals surface area (Å²) >= 11 is 0. The molecular weight excluding hydrogens is 198 g/mol. The molecule has 0 radical (unpaired) electrons. The van der Waals surface area contributed by atoms with E-state index in [0.717, 1.165) is 17.9 Å². The van der Waals surface area contributed by atoms with E-state index in [0.29, 0.717) is 12.1 Å². The second-order valence-corrected chi connectivity index (χ2v) is 4.84. The van der Waals surface area contributed by atoms with Gasteiger partial charge in [-0.2, -0.15) is 0 Å². The molecule has 1 aromatic heterocycles. The maximum Gasteiger partial charge on any atom is 0.0772 e. The molecule has 0 spiro atoms. The Kier molecular flexibility index (Phi) is 3.44. The maximum absolute atomic E-state index is 5.94. The molecule has 2 N–H and O–H groups in total. The van der Waals surface area contributed by atoms with E-state index >= 15 is 0 Å². The molecule has 88 valence electrons. The molecular formula is C13H21N3. The highest BCUT2D eigenvalue weighted by molar-refractivity contribution is 5.41. The Morgan fingerprint density at radius 3 is 2.69 bits per heavy atom. The molecule has 3 heteroatoms. The lowest BCUT2D eigenvalue weighted by atomic mass is 9.97. The van der Waals surface area contributed by atoms with Crippen LogP contribution in [-0.4, -0.2) is 22.0 Å². The maximum atomic E-state index is 5.94. The first-order valence-corrected chi connectivity index (χ1v) is 6.13. The number of aromatic nitrogens is 1. The number of hydrogen-bond acceptors (Lipinski definition) is 3. The largest absolute Gasteiger partial charge is 0.397 e. The minimum absolute atomic E-state index is 0.644. The molecule has 16 heavy (non-hydrogen) atoms. The minimum Gasteiger partial charge on any atom is -0.397 e. The number of hydrogen-bond donors (Lipinski definition) is 1. The van der Waals surface area contributed by atoms with Crippen molar-refractivity contribution in [2.24, 2.45) is 0 Å². The first-order chi connectivity index (χ1) is 7.68. The van der Waals surface area contributed by atoms with Crippen molar-refractivity contribution >= 4 is 5.69 Å². The standard InChI is InChI=1S/C13H21N3/c1-10-5-3-6-11(2)16(10)9-13-12(14)7-4-8-15-13/h4,7-8,10-11H,3,5-6,9,14H2,1-2H3. The van der Waals surface area contributed by atoms with Crippen LogP contribution in [0.1, 0.15) is 38.8 Å². The first-order valence-electron chi connectivity index (χ1n) is 6.13. The van der Waals surface area contributed by atoms with Gasteiger partial charge in [-0.3, -0.25) is 9.88 Å². The fraction of sp³-hybridized carbons (Fsp3) is 0.615. The lowest BCUT2D eigenvalue weighted by Gasteiger charge is -2.38. The van der Waals surface area contributed by atoms with Crippen LogP contribution in [0.15, 0.2) is 18.3 Å². The summed E-state index contributed by atoms with van der Waals surface area (Å²) in [5, 5.41) is 0. The first kappa shape index (κ1) is 11.4. The van der Waals surface area contributed by atoms with Crippen molar-refractivity contribution in [2.45, 2.75) is 51.7 Å². The molecule has 1 aliphatic rings. The Hall–Kier alpha value is -1.09. The topological polar surface area (TPSA) is 42.2 Å². The summed E-state index contributed by atoms with van der Waals surface area (Å²) in [7, 11) is 0. The molecule has 1 saturated heterocycles. The van der Waals surface area contributed by atoms with Gasteiger partial charge in [0.1, 0.15) is 0 Å². The summed E-state index contributed by atoms with van der Waals surface area (Å²) in [6, 6.07) is 5.11. The molecule has 2 unspecified atom stereocenters. The Balaban J connectivity index is 2.11. The number of likely N-dealkylation sites (tertiary alicyclic amines) is 1. The van der Waals surface area contributed by atoms with E-state index in [1.807, 2.05) is 18.3 Å². The molecule has 2 heterocycles. The molecule has 0 bridgehead atoms. The third-order valence-corrected chi connectivity index (χ3v) is 3.63. The minimum atomic E-state index is 0.644. The van der Waals surface area contributed by atoms with E-state index in [2.05, 4.69) is 23.7 Å². The zero-order chi connectivity index (χ0) is 11.5. The number of anilines is 1. The van der Waals surface area contributed by atoms with Crippen LogP contribution in [-0.2, 0) is 6.54 Å². The van der Waals surface area contributed by atoms with E-state index in [-0.39, 0.29) is 0 Å². The van der Waals surface area contributed by atoms with Crippen LogP contribution in [0, 0.1) is 0 Å². The second-order valence-electron chi connectivity index (χ2n) is 4.84. The van der Waals surface area contributed by atoms with Gasteiger partial charge in [0, 0.05) is 24.8 Å². The molecule has 1 aromatic rings. The average Bonchev–Trinajstić information content (AvgIpc) is 2.26. The van der Waals surface area contributed by atoms with Gasteiger partial charge in [0.05, 0.1) is 11.4 Å². The Morgan fingerprint density at radius 2 is 2.06 bits per heavy atom. The Bertz CT molecular complexity index is 341.